The highest BCUT2D eigenvalue weighted by atomic mass is 16.5. The fourth-order valence-electron chi connectivity index (χ4n) is 2.30. The summed E-state index contributed by atoms with van der Waals surface area (Å²) in [4.78, 5) is 2.36. The molecule has 1 aliphatic heterocycles. The minimum Gasteiger partial charge on any atom is -0.467 e. The number of hydrogen-bond acceptors (Lipinski definition) is 4. The molecule has 4 heteroatoms. The first kappa shape index (κ1) is 12.1. The van der Waals surface area contributed by atoms with E-state index in [1.54, 1.807) is 6.26 Å². The number of rotatable bonds is 4. The van der Waals surface area contributed by atoms with Crippen LogP contribution in [-0.4, -0.2) is 26.3 Å². The molecular formula is C15H18N2O2. The molecule has 19 heavy (non-hydrogen) atoms. The van der Waals surface area contributed by atoms with Gasteiger partial charge in [0.2, 0.25) is 0 Å². The molecule has 2 aromatic rings. The van der Waals surface area contributed by atoms with Crippen LogP contribution in [0.2, 0.25) is 0 Å². The number of ether oxygens (including phenoxy) is 1. The maximum absolute atomic E-state index is 5.40. The van der Waals surface area contributed by atoms with E-state index in [9.17, 15) is 0 Å². The lowest BCUT2D eigenvalue weighted by Gasteiger charge is -2.30. The Morgan fingerprint density at radius 1 is 1.05 bits per heavy atom. The van der Waals surface area contributed by atoms with E-state index in [0.717, 1.165) is 37.8 Å². The summed E-state index contributed by atoms with van der Waals surface area (Å²) in [7, 11) is 0. The summed E-state index contributed by atoms with van der Waals surface area (Å²) in [6, 6.07) is 12.3. The number of nitrogens with one attached hydrogen (secondary N) is 1. The molecule has 0 bridgehead atoms. The van der Waals surface area contributed by atoms with Crippen molar-refractivity contribution in [2.75, 3.05) is 36.5 Å². The monoisotopic (exact) mass is 258 g/mol. The highest BCUT2D eigenvalue weighted by Gasteiger charge is 2.14. The Bertz CT molecular complexity index is 505. The minimum absolute atomic E-state index is 0.703. The maximum atomic E-state index is 5.40. The molecule has 0 unspecified atom stereocenters. The third kappa shape index (κ3) is 2.90. The fourth-order valence-corrected chi connectivity index (χ4v) is 2.30. The second kappa shape index (κ2) is 5.80. The van der Waals surface area contributed by atoms with Crippen LogP contribution in [0.15, 0.2) is 47.1 Å². The van der Waals surface area contributed by atoms with Gasteiger partial charge in [0.1, 0.15) is 5.76 Å². The average molecular weight is 258 g/mol. The van der Waals surface area contributed by atoms with Crippen molar-refractivity contribution < 1.29 is 9.15 Å². The third-order valence-corrected chi connectivity index (χ3v) is 3.29. The van der Waals surface area contributed by atoms with Crippen molar-refractivity contribution in [2.24, 2.45) is 0 Å². The van der Waals surface area contributed by atoms with E-state index in [1.165, 1.54) is 5.69 Å². The van der Waals surface area contributed by atoms with Crippen LogP contribution in [0.25, 0.3) is 0 Å². The average Bonchev–Trinajstić information content (AvgIpc) is 3.00. The first-order chi connectivity index (χ1) is 9.43. The Balaban J connectivity index is 1.73. The van der Waals surface area contributed by atoms with Gasteiger partial charge in [-0.3, -0.25) is 0 Å². The number of para-hydroxylation sites is 2. The lowest BCUT2D eigenvalue weighted by molar-refractivity contribution is 0.123. The van der Waals surface area contributed by atoms with E-state index in [0.29, 0.717) is 6.54 Å². The van der Waals surface area contributed by atoms with Crippen molar-refractivity contribution in [2.45, 2.75) is 6.54 Å². The van der Waals surface area contributed by atoms with Crippen LogP contribution >= 0.6 is 0 Å². The summed E-state index contributed by atoms with van der Waals surface area (Å²) in [6.45, 7) is 4.19. The van der Waals surface area contributed by atoms with Gasteiger partial charge in [-0.1, -0.05) is 12.1 Å². The van der Waals surface area contributed by atoms with Gasteiger partial charge < -0.3 is 19.4 Å². The zero-order valence-electron chi connectivity index (χ0n) is 10.8. The Labute approximate surface area is 113 Å². The van der Waals surface area contributed by atoms with Gasteiger partial charge in [0.05, 0.1) is 37.4 Å². The molecule has 0 saturated carbocycles. The Morgan fingerprint density at radius 2 is 1.89 bits per heavy atom. The van der Waals surface area contributed by atoms with Crippen molar-refractivity contribution in [1.29, 1.82) is 0 Å². The largest absolute Gasteiger partial charge is 0.467 e. The van der Waals surface area contributed by atoms with Crippen molar-refractivity contribution in [3.05, 3.63) is 48.4 Å². The summed E-state index contributed by atoms with van der Waals surface area (Å²) >= 11 is 0. The van der Waals surface area contributed by atoms with Gasteiger partial charge in [-0.25, -0.2) is 0 Å². The third-order valence-electron chi connectivity index (χ3n) is 3.29. The lowest BCUT2D eigenvalue weighted by Crippen LogP contribution is -2.36. The molecule has 3 rings (SSSR count). The molecule has 0 aliphatic carbocycles. The number of benzene rings is 1. The summed E-state index contributed by atoms with van der Waals surface area (Å²) in [6.07, 6.45) is 1.70. The van der Waals surface area contributed by atoms with Crippen LogP contribution in [0, 0.1) is 0 Å². The Morgan fingerprint density at radius 3 is 2.68 bits per heavy atom. The number of morpholine rings is 1. The second-order valence-electron chi connectivity index (χ2n) is 4.55. The van der Waals surface area contributed by atoms with Gasteiger partial charge in [0.25, 0.3) is 0 Å². The van der Waals surface area contributed by atoms with Gasteiger partial charge in [-0.05, 0) is 24.3 Å². The molecule has 0 atom stereocenters. The predicted octanol–water partition coefficient (Wildman–Crippen LogP) is 2.73. The van der Waals surface area contributed by atoms with E-state index < -0.39 is 0 Å². The second-order valence-corrected chi connectivity index (χ2v) is 4.55. The topological polar surface area (TPSA) is 37.6 Å². The molecule has 2 heterocycles. The van der Waals surface area contributed by atoms with E-state index in [1.807, 2.05) is 12.1 Å². The first-order valence-corrected chi connectivity index (χ1v) is 6.61. The van der Waals surface area contributed by atoms with E-state index >= 15 is 0 Å². The van der Waals surface area contributed by atoms with Crippen LogP contribution in [0.4, 0.5) is 11.4 Å². The molecule has 0 radical (unpaired) electrons. The zero-order chi connectivity index (χ0) is 12.9. The van der Waals surface area contributed by atoms with Crippen molar-refractivity contribution in [3.8, 4) is 0 Å². The van der Waals surface area contributed by atoms with Crippen molar-refractivity contribution in [1.82, 2.24) is 0 Å². The molecule has 1 aromatic carbocycles. The van der Waals surface area contributed by atoms with Crippen molar-refractivity contribution >= 4 is 11.4 Å². The smallest absolute Gasteiger partial charge is 0.122 e. The normalized spacial score (nSPS) is 15.5. The highest BCUT2D eigenvalue weighted by molar-refractivity contribution is 5.70. The lowest BCUT2D eigenvalue weighted by atomic mass is 10.2. The molecule has 1 fully saturated rings. The number of furan rings is 1. The quantitative estimate of drug-likeness (QED) is 0.915. The summed E-state index contributed by atoms with van der Waals surface area (Å²) in [5, 5.41) is 3.44. The fraction of sp³-hybridized carbons (Fsp3) is 0.333. The van der Waals surface area contributed by atoms with Crippen LogP contribution in [-0.2, 0) is 11.3 Å². The van der Waals surface area contributed by atoms with Crippen LogP contribution < -0.4 is 10.2 Å². The zero-order valence-corrected chi connectivity index (χ0v) is 10.8. The van der Waals surface area contributed by atoms with Crippen LogP contribution in [0.3, 0.4) is 0 Å². The summed E-state index contributed by atoms with van der Waals surface area (Å²) in [5.41, 5.74) is 2.37. The molecule has 0 amide bonds. The summed E-state index contributed by atoms with van der Waals surface area (Å²) < 4.78 is 10.7. The SMILES string of the molecule is c1coc(CNc2ccccc2N2CCOCC2)c1. The number of hydrogen-bond donors (Lipinski definition) is 1. The van der Waals surface area contributed by atoms with Crippen LogP contribution in [0.5, 0.6) is 0 Å². The van der Waals surface area contributed by atoms with Crippen molar-refractivity contribution in [3.63, 3.8) is 0 Å². The van der Waals surface area contributed by atoms with Gasteiger partial charge in [0, 0.05) is 13.1 Å². The number of nitrogens with zero attached hydrogens (tertiary/aromatic N) is 1. The maximum Gasteiger partial charge on any atom is 0.122 e. The molecule has 1 aliphatic rings. The van der Waals surface area contributed by atoms with Gasteiger partial charge in [-0.15, -0.1) is 0 Å². The predicted molar refractivity (Wildman–Crippen MR) is 75.5 cm³/mol. The van der Waals surface area contributed by atoms with Crippen LogP contribution in [0.1, 0.15) is 5.76 Å². The minimum atomic E-state index is 0.703. The van der Waals surface area contributed by atoms with Gasteiger partial charge >= 0.3 is 0 Å². The molecule has 4 nitrogen and oxygen atoms in total. The van der Waals surface area contributed by atoms with Gasteiger partial charge in [-0.2, -0.15) is 0 Å². The first-order valence-electron chi connectivity index (χ1n) is 6.61. The molecule has 1 aromatic heterocycles. The highest BCUT2D eigenvalue weighted by Crippen LogP contribution is 2.26. The molecule has 1 saturated heterocycles. The molecule has 1 N–H and O–H groups in total. The summed E-state index contributed by atoms with van der Waals surface area (Å²) in [5.74, 6) is 0.941. The Kier molecular flexibility index (Phi) is 3.70. The molecular weight excluding hydrogens is 240 g/mol. The van der Waals surface area contributed by atoms with E-state index in [2.05, 4.69) is 34.5 Å². The Hall–Kier alpha value is -1.94. The van der Waals surface area contributed by atoms with E-state index in [-0.39, 0.29) is 0 Å². The van der Waals surface area contributed by atoms with E-state index in [4.69, 9.17) is 9.15 Å². The standard InChI is InChI=1S/C15H18N2O2/c1-2-6-15(17-7-10-18-11-8-17)14(5-1)16-12-13-4-3-9-19-13/h1-6,9,16H,7-8,10-12H2. The molecule has 0 spiro atoms. The van der Waals surface area contributed by atoms with Gasteiger partial charge in [0.15, 0.2) is 0 Å². The number of anilines is 2. The molecule has 100 valence electrons.